The predicted octanol–water partition coefficient (Wildman–Crippen LogP) is 1.18. The summed E-state index contributed by atoms with van der Waals surface area (Å²) in [5.41, 5.74) is 1.11. The molecule has 2 fully saturated rings. The number of hydrogen-bond acceptors (Lipinski definition) is 5. The quantitative estimate of drug-likeness (QED) is 0.865. The van der Waals surface area contributed by atoms with Gasteiger partial charge in [0.1, 0.15) is 0 Å². The first kappa shape index (κ1) is 13.8. The van der Waals surface area contributed by atoms with E-state index in [0.29, 0.717) is 17.9 Å². The molecule has 0 amide bonds. The number of hydrogen-bond donors (Lipinski definition) is 2. The average Bonchev–Trinajstić information content (AvgIpc) is 3.00. The van der Waals surface area contributed by atoms with Gasteiger partial charge in [0.15, 0.2) is 0 Å². The molecule has 1 saturated carbocycles. The molecule has 1 aromatic heterocycles. The van der Waals surface area contributed by atoms with Crippen molar-refractivity contribution < 1.29 is 5.11 Å². The second-order valence-corrected chi connectivity index (χ2v) is 6.40. The maximum absolute atomic E-state index is 9.95. The van der Waals surface area contributed by atoms with E-state index in [0.717, 1.165) is 44.0 Å². The Morgan fingerprint density at radius 3 is 2.70 bits per heavy atom. The zero-order valence-electron chi connectivity index (χ0n) is 12.3. The highest BCUT2D eigenvalue weighted by Crippen LogP contribution is 2.38. The second-order valence-electron chi connectivity index (χ2n) is 6.40. The molecule has 2 heterocycles. The van der Waals surface area contributed by atoms with Gasteiger partial charge in [0.05, 0.1) is 6.10 Å². The number of nitrogens with one attached hydrogen (secondary N) is 1. The minimum Gasteiger partial charge on any atom is -0.393 e. The first-order chi connectivity index (χ1) is 9.63. The van der Waals surface area contributed by atoms with Gasteiger partial charge in [0.25, 0.3) is 0 Å². The molecule has 0 bridgehead atoms. The van der Waals surface area contributed by atoms with Crippen LogP contribution in [0.15, 0.2) is 12.4 Å². The largest absolute Gasteiger partial charge is 0.393 e. The standard InChI is InChI=1S/C15H24N4O/c1-10(2)16-5-11-6-17-15(18-7-11)19-8-12-3-4-14(20)13(12)9-19/h6-7,10,12-14,16,20H,3-5,8-9H2,1-2H3. The molecule has 5 heteroatoms. The van der Waals surface area contributed by atoms with Gasteiger partial charge in [0, 0.05) is 49.6 Å². The van der Waals surface area contributed by atoms with E-state index in [4.69, 9.17) is 0 Å². The van der Waals surface area contributed by atoms with Crippen molar-refractivity contribution in [3.8, 4) is 0 Å². The summed E-state index contributed by atoms with van der Waals surface area (Å²) in [5, 5.41) is 13.3. The van der Waals surface area contributed by atoms with Crippen molar-refractivity contribution in [2.75, 3.05) is 18.0 Å². The molecular formula is C15H24N4O. The molecular weight excluding hydrogens is 252 g/mol. The summed E-state index contributed by atoms with van der Waals surface area (Å²) in [6.07, 6.45) is 5.78. The molecule has 0 radical (unpaired) electrons. The molecule has 1 saturated heterocycles. The number of aliphatic hydroxyl groups is 1. The summed E-state index contributed by atoms with van der Waals surface area (Å²) < 4.78 is 0. The summed E-state index contributed by atoms with van der Waals surface area (Å²) in [6.45, 7) is 6.95. The van der Waals surface area contributed by atoms with Crippen molar-refractivity contribution in [1.82, 2.24) is 15.3 Å². The molecule has 1 aromatic rings. The third-order valence-corrected chi connectivity index (χ3v) is 4.51. The van der Waals surface area contributed by atoms with Crippen LogP contribution in [0.1, 0.15) is 32.3 Å². The van der Waals surface area contributed by atoms with Gasteiger partial charge in [-0.3, -0.25) is 0 Å². The Morgan fingerprint density at radius 1 is 1.30 bits per heavy atom. The fourth-order valence-electron chi connectivity index (χ4n) is 3.32. The fourth-order valence-corrected chi connectivity index (χ4v) is 3.32. The van der Waals surface area contributed by atoms with E-state index >= 15 is 0 Å². The van der Waals surface area contributed by atoms with Crippen LogP contribution in [0.3, 0.4) is 0 Å². The van der Waals surface area contributed by atoms with Crippen LogP contribution in [0.25, 0.3) is 0 Å². The van der Waals surface area contributed by atoms with Gasteiger partial charge in [-0.1, -0.05) is 13.8 Å². The van der Waals surface area contributed by atoms with Crippen LogP contribution >= 0.6 is 0 Å². The van der Waals surface area contributed by atoms with Crippen LogP contribution in [-0.2, 0) is 6.54 Å². The Balaban J connectivity index is 1.61. The Hall–Kier alpha value is -1.20. The van der Waals surface area contributed by atoms with E-state index in [9.17, 15) is 5.11 Å². The minimum atomic E-state index is -0.125. The first-order valence-corrected chi connectivity index (χ1v) is 7.61. The number of aromatic nitrogens is 2. The maximum atomic E-state index is 9.95. The highest BCUT2D eigenvalue weighted by atomic mass is 16.3. The topological polar surface area (TPSA) is 61.3 Å². The summed E-state index contributed by atoms with van der Waals surface area (Å²) in [7, 11) is 0. The van der Waals surface area contributed by atoms with E-state index in [-0.39, 0.29) is 6.10 Å². The molecule has 2 aliphatic rings. The molecule has 3 unspecified atom stereocenters. The molecule has 0 spiro atoms. The van der Waals surface area contributed by atoms with Crippen molar-refractivity contribution in [2.24, 2.45) is 11.8 Å². The van der Waals surface area contributed by atoms with Crippen LogP contribution in [0.4, 0.5) is 5.95 Å². The smallest absolute Gasteiger partial charge is 0.225 e. The summed E-state index contributed by atoms with van der Waals surface area (Å²) in [5.74, 6) is 1.84. The average molecular weight is 276 g/mol. The Morgan fingerprint density at radius 2 is 2.05 bits per heavy atom. The van der Waals surface area contributed by atoms with Gasteiger partial charge < -0.3 is 15.3 Å². The Labute approximate surface area is 120 Å². The molecule has 20 heavy (non-hydrogen) atoms. The second kappa shape index (κ2) is 5.66. The zero-order chi connectivity index (χ0) is 14.1. The summed E-state index contributed by atoms with van der Waals surface area (Å²) >= 11 is 0. The van der Waals surface area contributed by atoms with Gasteiger partial charge in [-0.05, 0) is 18.8 Å². The normalized spacial score (nSPS) is 29.2. The highest BCUT2D eigenvalue weighted by Gasteiger charge is 2.42. The first-order valence-electron chi connectivity index (χ1n) is 7.61. The SMILES string of the molecule is CC(C)NCc1cnc(N2CC3CCC(O)C3C2)nc1. The van der Waals surface area contributed by atoms with Gasteiger partial charge in [-0.2, -0.15) is 0 Å². The maximum Gasteiger partial charge on any atom is 0.225 e. The summed E-state index contributed by atoms with van der Waals surface area (Å²) in [4.78, 5) is 11.2. The van der Waals surface area contributed by atoms with E-state index in [1.807, 2.05) is 12.4 Å². The van der Waals surface area contributed by atoms with Crippen LogP contribution in [0.2, 0.25) is 0 Å². The summed E-state index contributed by atoms with van der Waals surface area (Å²) in [6, 6.07) is 0.467. The number of aliphatic hydroxyl groups excluding tert-OH is 1. The van der Waals surface area contributed by atoms with E-state index < -0.39 is 0 Å². The van der Waals surface area contributed by atoms with E-state index in [1.54, 1.807) is 0 Å². The van der Waals surface area contributed by atoms with E-state index in [2.05, 4.69) is 34.0 Å². The molecule has 3 atom stereocenters. The molecule has 110 valence electrons. The lowest BCUT2D eigenvalue weighted by Gasteiger charge is -2.18. The zero-order valence-corrected chi connectivity index (χ0v) is 12.3. The molecule has 2 N–H and O–H groups in total. The minimum absolute atomic E-state index is 0.125. The van der Waals surface area contributed by atoms with Gasteiger partial charge >= 0.3 is 0 Å². The number of rotatable bonds is 4. The lowest BCUT2D eigenvalue weighted by Crippen LogP contribution is -2.26. The van der Waals surface area contributed by atoms with Crippen LogP contribution in [0, 0.1) is 11.8 Å². The number of nitrogens with zero attached hydrogens (tertiary/aromatic N) is 3. The van der Waals surface area contributed by atoms with Gasteiger partial charge in [-0.25, -0.2) is 9.97 Å². The monoisotopic (exact) mass is 276 g/mol. The number of fused-ring (bicyclic) bond motifs is 1. The number of anilines is 1. The molecule has 5 nitrogen and oxygen atoms in total. The van der Waals surface area contributed by atoms with Crippen LogP contribution < -0.4 is 10.2 Å². The van der Waals surface area contributed by atoms with Crippen molar-refractivity contribution in [3.05, 3.63) is 18.0 Å². The predicted molar refractivity (Wildman–Crippen MR) is 78.4 cm³/mol. The third-order valence-electron chi connectivity index (χ3n) is 4.51. The van der Waals surface area contributed by atoms with Crippen molar-refractivity contribution in [3.63, 3.8) is 0 Å². The van der Waals surface area contributed by atoms with Gasteiger partial charge in [0.2, 0.25) is 5.95 Å². The van der Waals surface area contributed by atoms with Crippen molar-refractivity contribution >= 4 is 5.95 Å². The lowest BCUT2D eigenvalue weighted by molar-refractivity contribution is 0.133. The van der Waals surface area contributed by atoms with Crippen molar-refractivity contribution in [2.45, 2.75) is 45.4 Å². The van der Waals surface area contributed by atoms with Crippen molar-refractivity contribution in [1.29, 1.82) is 0 Å². The Kier molecular flexibility index (Phi) is 3.89. The van der Waals surface area contributed by atoms with Gasteiger partial charge in [-0.15, -0.1) is 0 Å². The molecule has 0 aromatic carbocycles. The van der Waals surface area contributed by atoms with Crippen LogP contribution in [0.5, 0.6) is 0 Å². The lowest BCUT2D eigenvalue weighted by atomic mass is 10.00. The molecule has 3 rings (SSSR count). The van der Waals surface area contributed by atoms with E-state index in [1.165, 1.54) is 0 Å². The highest BCUT2D eigenvalue weighted by molar-refractivity contribution is 5.33. The van der Waals surface area contributed by atoms with Crippen LogP contribution in [-0.4, -0.2) is 40.3 Å². The fraction of sp³-hybridized carbons (Fsp3) is 0.733. The molecule has 1 aliphatic heterocycles. The molecule has 1 aliphatic carbocycles. The Bertz CT molecular complexity index is 448. The third kappa shape index (κ3) is 2.79.